The van der Waals surface area contributed by atoms with Crippen molar-refractivity contribution >= 4 is 18.5 Å². The highest BCUT2D eigenvalue weighted by atomic mass is 32.1. The first-order valence-corrected chi connectivity index (χ1v) is 6.50. The van der Waals surface area contributed by atoms with E-state index < -0.39 is 0 Å². The second kappa shape index (κ2) is 5.24. The highest BCUT2D eigenvalue weighted by Gasteiger charge is 2.35. The van der Waals surface area contributed by atoms with Gasteiger partial charge >= 0.3 is 0 Å². The highest BCUT2D eigenvalue weighted by molar-refractivity contribution is 7.80. The van der Waals surface area contributed by atoms with Crippen molar-refractivity contribution in [3.63, 3.8) is 0 Å². The van der Waals surface area contributed by atoms with E-state index in [1.165, 1.54) is 0 Å². The quantitative estimate of drug-likeness (QED) is 0.738. The lowest BCUT2D eigenvalue weighted by Gasteiger charge is -2.30. The Bertz CT molecular complexity index is 222. The number of hydrogen-bond donors (Lipinski definition) is 1. The molecule has 88 valence electrons. The topological polar surface area (TPSA) is 20.3 Å². The van der Waals surface area contributed by atoms with E-state index in [2.05, 4.69) is 33.4 Å². The summed E-state index contributed by atoms with van der Waals surface area (Å²) < 4.78 is 0. The zero-order valence-electron chi connectivity index (χ0n) is 10.2. The molecular formula is C12H23NOS. The average Bonchev–Trinajstić information content (AvgIpc) is 2.55. The summed E-state index contributed by atoms with van der Waals surface area (Å²) in [6.45, 7) is 8.45. The summed E-state index contributed by atoms with van der Waals surface area (Å²) in [4.78, 5) is 14.2. The third-order valence-corrected chi connectivity index (χ3v) is 4.29. The number of hydrogen-bond acceptors (Lipinski definition) is 2. The van der Waals surface area contributed by atoms with Crippen molar-refractivity contribution in [2.75, 3.05) is 0 Å². The van der Waals surface area contributed by atoms with Crippen molar-refractivity contribution in [3.05, 3.63) is 0 Å². The molecule has 4 atom stereocenters. The first-order valence-electron chi connectivity index (χ1n) is 5.99. The number of rotatable bonds is 3. The Morgan fingerprint density at radius 1 is 1.47 bits per heavy atom. The van der Waals surface area contributed by atoms with Gasteiger partial charge in [-0.2, -0.15) is 12.6 Å². The summed E-state index contributed by atoms with van der Waals surface area (Å²) in [7, 11) is 0. The molecule has 2 nitrogen and oxygen atoms in total. The van der Waals surface area contributed by atoms with Gasteiger partial charge in [-0.05, 0) is 25.7 Å². The Kier molecular flexibility index (Phi) is 4.50. The van der Waals surface area contributed by atoms with E-state index in [1.807, 2.05) is 11.8 Å². The Balaban J connectivity index is 2.66. The lowest BCUT2D eigenvalue weighted by Crippen LogP contribution is -2.42. The normalized spacial score (nSPS) is 30.3. The fourth-order valence-electron chi connectivity index (χ4n) is 2.16. The van der Waals surface area contributed by atoms with Crippen LogP contribution in [0.3, 0.4) is 0 Å². The van der Waals surface area contributed by atoms with Crippen molar-refractivity contribution in [2.45, 2.75) is 58.4 Å². The van der Waals surface area contributed by atoms with Crippen molar-refractivity contribution in [1.29, 1.82) is 0 Å². The summed E-state index contributed by atoms with van der Waals surface area (Å²) in [5.41, 5.74) is 0. The van der Waals surface area contributed by atoms with Crippen molar-refractivity contribution < 1.29 is 4.79 Å². The molecule has 0 N–H and O–H groups in total. The molecule has 0 aromatic heterocycles. The van der Waals surface area contributed by atoms with Gasteiger partial charge in [0, 0.05) is 12.0 Å². The van der Waals surface area contributed by atoms with Gasteiger partial charge in [-0.1, -0.05) is 27.2 Å². The molecular weight excluding hydrogens is 206 g/mol. The number of amides is 1. The lowest BCUT2D eigenvalue weighted by atomic mass is 9.92. The molecule has 1 heterocycles. The number of likely N-dealkylation sites (tertiary alicyclic amines) is 1. The smallest absolute Gasteiger partial charge is 0.226 e. The zero-order chi connectivity index (χ0) is 11.6. The Labute approximate surface area is 98.8 Å². The molecule has 1 aliphatic heterocycles. The van der Waals surface area contributed by atoms with Gasteiger partial charge in [-0.25, -0.2) is 0 Å². The predicted octanol–water partition coefficient (Wildman–Crippen LogP) is 2.94. The molecule has 0 aliphatic carbocycles. The van der Waals surface area contributed by atoms with Gasteiger partial charge in [0.1, 0.15) is 0 Å². The van der Waals surface area contributed by atoms with Gasteiger partial charge in [0.15, 0.2) is 0 Å². The van der Waals surface area contributed by atoms with Crippen molar-refractivity contribution in [2.24, 2.45) is 11.8 Å². The van der Waals surface area contributed by atoms with E-state index >= 15 is 0 Å². The molecule has 0 aromatic carbocycles. The molecule has 0 radical (unpaired) electrons. The van der Waals surface area contributed by atoms with Crippen LogP contribution in [-0.4, -0.2) is 22.2 Å². The molecule has 0 bridgehead atoms. The molecule has 0 aromatic rings. The van der Waals surface area contributed by atoms with Gasteiger partial charge in [-0.15, -0.1) is 0 Å². The van der Waals surface area contributed by atoms with Crippen LogP contribution in [0.5, 0.6) is 0 Å². The molecule has 1 amide bonds. The number of nitrogens with zero attached hydrogens (tertiary/aromatic N) is 1. The van der Waals surface area contributed by atoms with E-state index in [0.29, 0.717) is 12.0 Å². The maximum atomic E-state index is 12.2. The molecule has 15 heavy (non-hydrogen) atoms. The van der Waals surface area contributed by atoms with Crippen molar-refractivity contribution in [1.82, 2.24) is 4.90 Å². The van der Waals surface area contributed by atoms with Crippen LogP contribution in [-0.2, 0) is 4.79 Å². The van der Waals surface area contributed by atoms with Gasteiger partial charge in [0.05, 0.1) is 5.37 Å². The first kappa shape index (κ1) is 12.9. The maximum absolute atomic E-state index is 12.2. The van der Waals surface area contributed by atoms with Crippen LogP contribution in [0.4, 0.5) is 0 Å². The molecule has 1 fully saturated rings. The SMILES string of the molecule is CCC(C)C(C)C(=O)N1C(C)CC[C@H]1S. The molecule has 3 unspecified atom stereocenters. The fraction of sp³-hybridized carbons (Fsp3) is 0.917. The fourth-order valence-corrected chi connectivity index (χ4v) is 2.65. The van der Waals surface area contributed by atoms with E-state index in [0.717, 1.165) is 19.3 Å². The summed E-state index contributed by atoms with van der Waals surface area (Å²) in [6, 6.07) is 0.367. The molecule has 1 rings (SSSR count). The first-order chi connectivity index (χ1) is 6.99. The van der Waals surface area contributed by atoms with Gasteiger partial charge < -0.3 is 4.90 Å². The molecule has 1 saturated heterocycles. The minimum absolute atomic E-state index is 0.130. The van der Waals surface area contributed by atoms with Crippen LogP contribution in [0, 0.1) is 11.8 Å². The summed E-state index contributed by atoms with van der Waals surface area (Å²) in [6.07, 6.45) is 3.18. The van der Waals surface area contributed by atoms with Gasteiger partial charge in [0.25, 0.3) is 0 Å². The lowest BCUT2D eigenvalue weighted by molar-refractivity contribution is -0.137. The Hall–Kier alpha value is -0.180. The van der Waals surface area contributed by atoms with Crippen LogP contribution in [0.15, 0.2) is 0 Å². The minimum Gasteiger partial charge on any atom is -0.328 e. The van der Waals surface area contributed by atoms with Crippen LogP contribution in [0.2, 0.25) is 0 Å². The monoisotopic (exact) mass is 229 g/mol. The minimum atomic E-state index is 0.130. The second-order valence-corrected chi connectivity index (χ2v) is 5.42. The summed E-state index contributed by atoms with van der Waals surface area (Å²) in [5, 5.41) is 0.138. The van der Waals surface area contributed by atoms with Crippen LogP contribution in [0.1, 0.15) is 47.0 Å². The molecule has 1 aliphatic rings. The van der Waals surface area contributed by atoms with Gasteiger partial charge in [-0.3, -0.25) is 4.79 Å². The second-order valence-electron chi connectivity index (χ2n) is 4.83. The zero-order valence-corrected chi connectivity index (χ0v) is 11.1. The highest BCUT2D eigenvalue weighted by Crippen LogP contribution is 2.29. The number of carbonyl (C=O) groups excluding carboxylic acids is 1. The van der Waals surface area contributed by atoms with E-state index in [1.54, 1.807) is 0 Å². The Morgan fingerprint density at radius 2 is 2.07 bits per heavy atom. The average molecular weight is 229 g/mol. The van der Waals surface area contributed by atoms with Gasteiger partial charge in [0.2, 0.25) is 5.91 Å². The summed E-state index contributed by atoms with van der Waals surface area (Å²) >= 11 is 4.48. The third-order valence-electron chi connectivity index (χ3n) is 3.78. The van der Waals surface area contributed by atoms with Crippen LogP contribution >= 0.6 is 12.6 Å². The summed E-state index contributed by atoms with van der Waals surface area (Å²) in [5.74, 6) is 0.880. The number of thiol groups is 1. The molecule has 3 heteroatoms. The van der Waals surface area contributed by atoms with Crippen molar-refractivity contribution in [3.8, 4) is 0 Å². The predicted molar refractivity (Wildman–Crippen MR) is 66.9 cm³/mol. The molecule has 0 saturated carbocycles. The largest absolute Gasteiger partial charge is 0.328 e. The molecule has 0 spiro atoms. The standard InChI is InChI=1S/C12H23NOS/c1-5-8(2)10(4)12(14)13-9(3)6-7-11(13)15/h8-11,15H,5-7H2,1-4H3/t8?,9?,10?,11-/m1/s1. The number of carbonyl (C=O) groups is 1. The van der Waals surface area contributed by atoms with E-state index in [4.69, 9.17) is 0 Å². The Morgan fingerprint density at radius 3 is 2.47 bits per heavy atom. The third kappa shape index (κ3) is 2.68. The van der Waals surface area contributed by atoms with Crippen LogP contribution in [0.25, 0.3) is 0 Å². The maximum Gasteiger partial charge on any atom is 0.226 e. The van der Waals surface area contributed by atoms with Crippen LogP contribution < -0.4 is 0 Å². The van der Waals surface area contributed by atoms with E-state index in [9.17, 15) is 4.79 Å². The van der Waals surface area contributed by atoms with E-state index in [-0.39, 0.29) is 17.2 Å².